The molecule has 140 valence electrons. The van der Waals surface area contributed by atoms with E-state index < -0.39 is 0 Å². The molecule has 0 spiro atoms. The molecular weight excluding hydrogens is 360 g/mol. The lowest BCUT2D eigenvalue weighted by Gasteiger charge is -2.16. The summed E-state index contributed by atoms with van der Waals surface area (Å²) in [4.78, 5) is 17.2. The molecule has 6 heteroatoms. The summed E-state index contributed by atoms with van der Waals surface area (Å²) >= 11 is 6.23. The predicted octanol–water partition coefficient (Wildman–Crippen LogP) is 4.41. The van der Waals surface area contributed by atoms with Crippen LogP contribution >= 0.6 is 11.6 Å². The zero-order valence-corrected chi connectivity index (χ0v) is 16.4. The molecule has 27 heavy (non-hydrogen) atoms. The molecule has 0 aliphatic rings. The molecule has 1 atom stereocenters. The van der Waals surface area contributed by atoms with Crippen molar-refractivity contribution < 1.29 is 4.79 Å². The van der Waals surface area contributed by atoms with E-state index in [0.29, 0.717) is 22.8 Å². The molecule has 1 N–H and O–H groups in total. The summed E-state index contributed by atoms with van der Waals surface area (Å²) in [6.07, 6.45) is 3.99. The lowest BCUT2D eigenvalue weighted by atomic mass is 10.0. The molecule has 0 bridgehead atoms. The van der Waals surface area contributed by atoms with Gasteiger partial charge in [-0.25, -0.2) is 9.67 Å². The number of carbonyl (C=O) groups is 1. The minimum atomic E-state index is -0.138. The molecule has 0 aliphatic heterocycles. The normalized spacial score (nSPS) is 12.2. The number of hydrogen-bond donors (Lipinski definition) is 1. The molecule has 5 nitrogen and oxygen atoms in total. The lowest BCUT2D eigenvalue weighted by Crippen LogP contribution is -2.34. The van der Waals surface area contributed by atoms with Crippen LogP contribution in [0.25, 0.3) is 5.82 Å². The topological polar surface area (TPSA) is 59.8 Å². The van der Waals surface area contributed by atoms with Crippen molar-refractivity contribution in [1.29, 1.82) is 0 Å². The Morgan fingerprint density at radius 1 is 1.15 bits per heavy atom. The standard InChI is InChI=1S/C21H23ClN4O/c1-14(2)20-17(13-24-26(20)19-10-6-7-11-23-19)21(27)25-15(3)12-16-8-4-5-9-18(16)22/h4-11,13-15H,12H2,1-3H3,(H,25,27)/t15-/m1/s1. The van der Waals surface area contributed by atoms with Crippen LogP contribution in [0.4, 0.5) is 0 Å². The van der Waals surface area contributed by atoms with Crippen LogP contribution in [-0.2, 0) is 6.42 Å². The van der Waals surface area contributed by atoms with E-state index in [-0.39, 0.29) is 17.9 Å². The third-order valence-electron chi connectivity index (χ3n) is 4.33. The summed E-state index contributed by atoms with van der Waals surface area (Å²) in [5.74, 6) is 0.680. The van der Waals surface area contributed by atoms with Crippen molar-refractivity contribution in [3.63, 3.8) is 0 Å². The van der Waals surface area contributed by atoms with E-state index >= 15 is 0 Å². The minimum absolute atomic E-state index is 0.0596. The molecule has 3 rings (SSSR count). The fourth-order valence-corrected chi connectivity index (χ4v) is 3.31. The Hall–Kier alpha value is -2.66. The molecule has 0 saturated carbocycles. The maximum Gasteiger partial charge on any atom is 0.255 e. The number of amides is 1. The van der Waals surface area contributed by atoms with Crippen LogP contribution in [0.5, 0.6) is 0 Å². The van der Waals surface area contributed by atoms with Gasteiger partial charge < -0.3 is 5.32 Å². The summed E-state index contributed by atoms with van der Waals surface area (Å²) in [7, 11) is 0. The Morgan fingerprint density at radius 3 is 2.56 bits per heavy atom. The summed E-state index contributed by atoms with van der Waals surface area (Å²) in [6.45, 7) is 6.06. The van der Waals surface area contributed by atoms with Gasteiger partial charge in [0.2, 0.25) is 0 Å². The minimum Gasteiger partial charge on any atom is -0.349 e. The maximum absolute atomic E-state index is 12.9. The van der Waals surface area contributed by atoms with E-state index in [9.17, 15) is 4.79 Å². The van der Waals surface area contributed by atoms with Crippen LogP contribution in [0.2, 0.25) is 5.02 Å². The van der Waals surface area contributed by atoms with Crippen molar-refractivity contribution in [2.24, 2.45) is 0 Å². The van der Waals surface area contributed by atoms with Gasteiger partial charge in [0.05, 0.1) is 17.5 Å². The van der Waals surface area contributed by atoms with Gasteiger partial charge in [0, 0.05) is 17.3 Å². The van der Waals surface area contributed by atoms with E-state index in [4.69, 9.17) is 11.6 Å². The van der Waals surface area contributed by atoms with Crippen LogP contribution in [0.1, 0.15) is 48.3 Å². The van der Waals surface area contributed by atoms with Gasteiger partial charge in [-0.15, -0.1) is 0 Å². The van der Waals surface area contributed by atoms with Gasteiger partial charge in [-0.1, -0.05) is 49.7 Å². The molecule has 2 aromatic heterocycles. The number of benzene rings is 1. The number of halogens is 1. The predicted molar refractivity (Wildman–Crippen MR) is 108 cm³/mol. The van der Waals surface area contributed by atoms with E-state index in [1.165, 1.54) is 0 Å². The van der Waals surface area contributed by atoms with Crippen LogP contribution in [0.15, 0.2) is 54.9 Å². The van der Waals surface area contributed by atoms with Gasteiger partial charge in [0.1, 0.15) is 0 Å². The highest BCUT2D eigenvalue weighted by Crippen LogP contribution is 2.22. The summed E-state index contributed by atoms with van der Waals surface area (Å²) < 4.78 is 1.73. The number of nitrogens with one attached hydrogen (secondary N) is 1. The number of rotatable bonds is 6. The molecule has 1 aromatic carbocycles. The Balaban J connectivity index is 1.80. The zero-order chi connectivity index (χ0) is 19.4. The first-order chi connectivity index (χ1) is 13.0. The summed E-state index contributed by atoms with van der Waals surface area (Å²) in [5, 5.41) is 8.18. The second-order valence-electron chi connectivity index (χ2n) is 6.87. The van der Waals surface area contributed by atoms with Crippen LogP contribution in [0, 0.1) is 0 Å². The van der Waals surface area contributed by atoms with Gasteiger partial charge in [0.25, 0.3) is 5.91 Å². The van der Waals surface area contributed by atoms with Gasteiger partial charge in [-0.2, -0.15) is 5.10 Å². The molecular formula is C21H23ClN4O. The highest BCUT2D eigenvalue weighted by molar-refractivity contribution is 6.31. The fraction of sp³-hybridized carbons (Fsp3) is 0.286. The fourth-order valence-electron chi connectivity index (χ4n) is 3.10. The number of hydrogen-bond acceptors (Lipinski definition) is 3. The lowest BCUT2D eigenvalue weighted by molar-refractivity contribution is 0.0938. The molecule has 0 radical (unpaired) electrons. The Kier molecular flexibility index (Phi) is 5.91. The monoisotopic (exact) mass is 382 g/mol. The summed E-state index contributed by atoms with van der Waals surface area (Å²) in [5.41, 5.74) is 2.43. The quantitative estimate of drug-likeness (QED) is 0.687. The average Bonchev–Trinajstić information content (AvgIpc) is 3.10. The first kappa shape index (κ1) is 19.1. The molecule has 2 heterocycles. The van der Waals surface area contributed by atoms with Crippen LogP contribution < -0.4 is 5.32 Å². The zero-order valence-electron chi connectivity index (χ0n) is 15.7. The van der Waals surface area contributed by atoms with Crippen molar-refractivity contribution in [3.8, 4) is 5.82 Å². The van der Waals surface area contributed by atoms with Crippen LogP contribution in [-0.4, -0.2) is 26.7 Å². The molecule has 1 amide bonds. The van der Waals surface area contributed by atoms with Crippen molar-refractivity contribution in [2.45, 2.75) is 39.2 Å². The SMILES string of the molecule is CC(C)c1c(C(=O)N[C@H](C)Cc2ccccc2Cl)cnn1-c1ccccn1. The van der Waals surface area contributed by atoms with Gasteiger partial charge in [-0.3, -0.25) is 4.79 Å². The number of nitrogens with zero attached hydrogens (tertiary/aromatic N) is 3. The highest BCUT2D eigenvalue weighted by Gasteiger charge is 2.22. The van der Waals surface area contributed by atoms with Crippen molar-refractivity contribution in [2.75, 3.05) is 0 Å². The molecule has 0 aliphatic carbocycles. The third-order valence-corrected chi connectivity index (χ3v) is 4.69. The third kappa shape index (κ3) is 4.37. The van der Waals surface area contributed by atoms with Gasteiger partial charge in [0.15, 0.2) is 5.82 Å². The second-order valence-corrected chi connectivity index (χ2v) is 7.28. The van der Waals surface area contributed by atoms with Gasteiger partial charge >= 0.3 is 0 Å². The van der Waals surface area contributed by atoms with E-state index in [1.807, 2.05) is 63.2 Å². The highest BCUT2D eigenvalue weighted by atomic mass is 35.5. The Bertz CT molecular complexity index is 921. The van der Waals surface area contributed by atoms with Crippen molar-refractivity contribution in [1.82, 2.24) is 20.1 Å². The molecule has 3 aromatic rings. The number of pyridine rings is 1. The average molecular weight is 383 g/mol. The second kappa shape index (κ2) is 8.35. The molecule has 0 unspecified atom stereocenters. The van der Waals surface area contributed by atoms with E-state index in [2.05, 4.69) is 15.4 Å². The maximum atomic E-state index is 12.9. The molecule has 0 saturated heterocycles. The van der Waals surface area contributed by atoms with Crippen molar-refractivity contribution in [3.05, 3.63) is 76.7 Å². The smallest absolute Gasteiger partial charge is 0.255 e. The van der Waals surface area contributed by atoms with Gasteiger partial charge in [-0.05, 0) is 43.0 Å². The van der Waals surface area contributed by atoms with Crippen LogP contribution in [0.3, 0.4) is 0 Å². The number of aromatic nitrogens is 3. The first-order valence-corrected chi connectivity index (χ1v) is 9.38. The number of carbonyl (C=O) groups excluding carboxylic acids is 1. The first-order valence-electron chi connectivity index (χ1n) is 9.01. The van der Waals surface area contributed by atoms with E-state index in [1.54, 1.807) is 17.1 Å². The van der Waals surface area contributed by atoms with E-state index in [0.717, 1.165) is 11.3 Å². The Morgan fingerprint density at radius 2 is 1.89 bits per heavy atom. The summed E-state index contributed by atoms with van der Waals surface area (Å²) in [6, 6.07) is 13.3. The largest absolute Gasteiger partial charge is 0.349 e. The Labute approximate surface area is 164 Å². The molecule has 0 fully saturated rings. The van der Waals surface area contributed by atoms with Crippen molar-refractivity contribution >= 4 is 17.5 Å².